The van der Waals surface area contributed by atoms with Crippen molar-refractivity contribution in [3.63, 3.8) is 0 Å². The molecular weight excluding hydrogens is 400 g/mol. The maximum absolute atomic E-state index is 11.7. The zero-order valence-electron chi connectivity index (χ0n) is 21.0. The van der Waals surface area contributed by atoms with Crippen molar-refractivity contribution in [1.29, 1.82) is 0 Å². The Morgan fingerprint density at radius 2 is 0.844 bits per heavy atom. The summed E-state index contributed by atoms with van der Waals surface area (Å²) in [6.07, 6.45) is 23.0. The van der Waals surface area contributed by atoms with E-state index in [0.29, 0.717) is 12.8 Å². The fraction of sp³-hybridized carbons (Fsp3) is 0.857. The maximum atomic E-state index is 11.7. The van der Waals surface area contributed by atoms with Crippen molar-refractivity contribution in [2.24, 2.45) is 11.8 Å². The largest absolute Gasteiger partial charge is 0.481 e. The second-order valence-corrected chi connectivity index (χ2v) is 9.95. The van der Waals surface area contributed by atoms with Gasteiger partial charge in [0.15, 0.2) is 0 Å². The van der Waals surface area contributed by atoms with E-state index in [-0.39, 0.29) is 0 Å². The number of hydrogen-bond acceptors (Lipinski definition) is 2. The smallest absolute Gasteiger partial charge is 0.307 e. The fourth-order valence-electron chi connectivity index (χ4n) is 5.13. The van der Waals surface area contributed by atoms with E-state index < -0.39 is 23.8 Å². The van der Waals surface area contributed by atoms with Gasteiger partial charge in [-0.2, -0.15) is 0 Å². The Labute approximate surface area is 197 Å². The summed E-state index contributed by atoms with van der Waals surface area (Å²) in [6.45, 7) is 4.48. The van der Waals surface area contributed by atoms with Gasteiger partial charge in [-0.1, -0.05) is 115 Å². The standard InChI is InChI=1S/C28H50O4/c1-3-5-7-9-11-13-15-17-19-23-21-25(27(29)30)26(28(31)32)22-24(23)20-18-16-14-12-10-8-6-4-2/h25-26H,3-22H2,1-2H3,(H,29,30)(H,31,32). The number of carboxylic acids is 2. The highest BCUT2D eigenvalue weighted by Crippen LogP contribution is 2.39. The molecule has 0 heterocycles. The van der Waals surface area contributed by atoms with Gasteiger partial charge in [0.25, 0.3) is 0 Å². The Morgan fingerprint density at radius 1 is 0.562 bits per heavy atom. The third-order valence-electron chi connectivity index (χ3n) is 7.22. The van der Waals surface area contributed by atoms with E-state index in [9.17, 15) is 19.8 Å². The molecule has 2 N–H and O–H groups in total. The molecule has 1 rings (SSSR count). The average molecular weight is 451 g/mol. The van der Waals surface area contributed by atoms with E-state index in [0.717, 1.165) is 25.7 Å². The molecule has 0 aromatic rings. The number of aliphatic carboxylic acids is 2. The van der Waals surface area contributed by atoms with E-state index in [2.05, 4.69) is 13.8 Å². The second-order valence-electron chi connectivity index (χ2n) is 9.95. The molecule has 0 fully saturated rings. The van der Waals surface area contributed by atoms with Crippen LogP contribution >= 0.6 is 0 Å². The molecule has 0 spiro atoms. The van der Waals surface area contributed by atoms with E-state index in [1.807, 2.05) is 0 Å². The number of carbonyl (C=O) groups is 2. The molecule has 4 heteroatoms. The lowest BCUT2D eigenvalue weighted by Crippen LogP contribution is -2.33. The van der Waals surface area contributed by atoms with Gasteiger partial charge in [0, 0.05) is 0 Å². The van der Waals surface area contributed by atoms with Crippen LogP contribution in [0.4, 0.5) is 0 Å². The van der Waals surface area contributed by atoms with E-state index >= 15 is 0 Å². The fourth-order valence-corrected chi connectivity index (χ4v) is 5.13. The van der Waals surface area contributed by atoms with Gasteiger partial charge in [-0.25, -0.2) is 0 Å². The first-order chi connectivity index (χ1) is 15.5. The predicted molar refractivity (Wildman–Crippen MR) is 133 cm³/mol. The molecule has 0 aromatic heterocycles. The first kappa shape index (κ1) is 28.7. The van der Waals surface area contributed by atoms with Crippen LogP contribution in [0.15, 0.2) is 11.1 Å². The molecule has 0 bridgehead atoms. The van der Waals surface area contributed by atoms with Gasteiger partial charge in [0.05, 0.1) is 11.8 Å². The van der Waals surface area contributed by atoms with Crippen molar-refractivity contribution in [3.8, 4) is 0 Å². The van der Waals surface area contributed by atoms with Crippen LogP contribution in [0, 0.1) is 11.8 Å². The molecular formula is C28H50O4. The van der Waals surface area contributed by atoms with Gasteiger partial charge in [-0.3, -0.25) is 9.59 Å². The molecule has 0 saturated heterocycles. The summed E-state index contributed by atoms with van der Waals surface area (Å²) in [6, 6.07) is 0. The first-order valence-electron chi connectivity index (χ1n) is 13.7. The summed E-state index contributed by atoms with van der Waals surface area (Å²) >= 11 is 0. The van der Waals surface area contributed by atoms with Gasteiger partial charge in [0.1, 0.15) is 0 Å². The molecule has 1 aliphatic carbocycles. The number of allylic oxidation sites excluding steroid dienone is 2. The van der Waals surface area contributed by atoms with Gasteiger partial charge in [0.2, 0.25) is 0 Å². The van der Waals surface area contributed by atoms with E-state index in [4.69, 9.17) is 0 Å². The van der Waals surface area contributed by atoms with Gasteiger partial charge < -0.3 is 10.2 Å². The highest BCUT2D eigenvalue weighted by Gasteiger charge is 2.38. The van der Waals surface area contributed by atoms with Crippen LogP contribution < -0.4 is 0 Å². The van der Waals surface area contributed by atoms with Crippen LogP contribution in [0.5, 0.6) is 0 Å². The molecule has 4 nitrogen and oxygen atoms in total. The van der Waals surface area contributed by atoms with Crippen molar-refractivity contribution >= 4 is 11.9 Å². The molecule has 32 heavy (non-hydrogen) atoms. The lowest BCUT2D eigenvalue weighted by atomic mass is 9.73. The summed E-state index contributed by atoms with van der Waals surface area (Å²) in [4.78, 5) is 23.5. The quantitative estimate of drug-likeness (QED) is 0.144. The summed E-state index contributed by atoms with van der Waals surface area (Å²) < 4.78 is 0. The molecule has 1 aliphatic rings. The van der Waals surface area contributed by atoms with Crippen molar-refractivity contribution in [2.75, 3.05) is 0 Å². The summed E-state index contributed by atoms with van der Waals surface area (Å²) in [5, 5.41) is 19.2. The molecule has 0 saturated carbocycles. The van der Waals surface area contributed by atoms with E-state index in [1.165, 1.54) is 101 Å². The average Bonchev–Trinajstić information content (AvgIpc) is 2.77. The minimum Gasteiger partial charge on any atom is -0.481 e. The monoisotopic (exact) mass is 450 g/mol. The van der Waals surface area contributed by atoms with Crippen LogP contribution in [-0.2, 0) is 9.59 Å². The van der Waals surface area contributed by atoms with Crippen LogP contribution in [0.2, 0.25) is 0 Å². The maximum Gasteiger partial charge on any atom is 0.307 e. The third kappa shape index (κ3) is 12.1. The van der Waals surface area contributed by atoms with Crippen molar-refractivity contribution in [1.82, 2.24) is 0 Å². The molecule has 186 valence electrons. The minimum atomic E-state index is -0.947. The highest BCUT2D eigenvalue weighted by atomic mass is 16.4. The Hall–Kier alpha value is -1.32. The first-order valence-corrected chi connectivity index (χ1v) is 13.7. The number of unbranched alkanes of at least 4 members (excludes halogenated alkanes) is 14. The van der Waals surface area contributed by atoms with Crippen molar-refractivity contribution in [3.05, 3.63) is 11.1 Å². The van der Waals surface area contributed by atoms with Crippen LogP contribution in [0.1, 0.15) is 142 Å². The second kappa shape index (κ2) is 18.1. The normalized spacial score (nSPS) is 18.8. The van der Waals surface area contributed by atoms with Gasteiger partial charge in [-0.15, -0.1) is 0 Å². The number of rotatable bonds is 20. The molecule has 0 amide bonds. The van der Waals surface area contributed by atoms with Crippen molar-refractivity contribution in [2.45, 2.75) is 142 Å². The number of hydrogen-bond donors (Lipinski definition) is 2. The topological polar surface area (TPSA) is 74.6 Å². The molecule has 2 atom stereocenters. The van der Waals surface area contributed by atoms with Crippen LogP contribution in [0.3, 0.4) is 0 Å². The Bertz CT molecular complexity index is 504. The Kier molecular flexibility index (Phi) is 16.3. The zero-order valence-corrected chi connectivity index (χ0v) is 21.0. The third-order valence-corrected chi connectivity index (χ3v) is 7.22. The van der Waals surface area contributed by atoms with Crippen LogP contribution in [0.25, 0.3) is 0 Å². The van der Waals surface area contributed by atoms with Gasteiger partial charge in [-0.05, 0) is 38.5 Å². The number of carboxylic acid groups (broad SMARTS) is 2. The van der Waals surface area contributed by atoms with Crippen LogP contribution in [-0.4, -0.2) is 22.2 Å². The molecule has 0 aromatic carbocycles. The molecule has 2 unspecified atom stereocenters. The summed E-state index contributed by atoms with van der Waals surface area (Å²) in [5.74, 6) is -3.42. The summed E-state index contributed by atoms with van der Waals surface area (Å²) in [7, 11) is 0. The zero-order chi connectivity index (χ0) is 23.6. The molecule has 0 radical (unpaired) electrons. The summed E-state index contributed by atoms with van der Waals surface area (Å²) in [5.41, 5.74) is 2.53. The highest BCUT2D eigenvalue weighted by molar-refractivity contribution is 5.81. The van der Waals surface area contributed by atoms with E-state index in [1.54, 1.807) is 0 Å². The lowest BCUT2D eigenvalue weighted by Gasteiger charge is -2.30. The lowest BCUT2D eigenvalue weighted by molar-refractivity contribution is -0.154. The van der Waals surface area contributed by atoms with Gasteiger partial charge >= 0.3 is 11.9 Å². The minimum absolute atomic E-state index is 0.440. The SMILES string of the molecule is CCCCCCCCCCC1=C(CCCCCCCCCC)CC(C(=O)O)C(C(=O)O)C1. The van der Waals surface area contributed by atoms with Crippen molar-refractivity contribution < 1.29 is 19.8 Å². The molecule has 0 aliphatic heterocycles. The predicted octanol–water partition coefficient (Wildman–Crippen LogP) is 8.54. The Morgan fingerprint density at radius 3 is 1.12 bits per heavy atom. The Balaban J connectivity index is 2.54.